The van der Waals surface area contributed by atoms with Crippen molar-refractivity contribution in [2.75, 3.05) is 12.4 Å². The lowest BCUT2D eigenvalue weighted by molar-refractivity contribution is -0.137. The second-order valence-corrected chi connectivity index (χ2v) is 6.17. The Labute approximate surface area is 143 Å². The number of anilines is 1. The molecule has 2 heterocycles. The Morgan fingerprint density at radius 2 is 2.04 bits per heavy atom. The topological polar surface area (TPSA) is 56.7 Å². The Bertz CT molecular complexity index is 762. The van der Waals surface area contributed by atoms with Gasteiger partial charge in [-0.25, -0.2) is 9.97 Å². The minimum atomic E-state index is -4.60. The van der Waals surface area contributed by atoms with Crippen molar-refractivity contribution in [2.45, 2.75) is 32.9 Å². The number of imidazole rings is 1. The predicted molar refractivity (Wildman–Crippen MR) is 89.3 cm³/mol. The molecule has 0 amide bonds. The minimum Gasteiger partial charge on any atom is -0.383 e. The average Bonchev–Trinajstić information content (AvgIpc) is 2.90. The fourth-order valence-corrected chi connectivity index (χ4v) is 2.41. The Balaban J connectivity index is 2.51. The molecule has 0 bridgehead atoms. The second kappa shape index (κ2) is 7.25. The van der Waals surface area contributed by atoms with Gasteiger partial charge in [0.15, 0.2) is 0 Å². The number of hydrogen-bond donors (Lipinski definition) is 1. The molecule has 25 heavy (non-hydrogen) atoms. The zero-order valence-electron chi connectivity index (χ0n) is 14.1. The molecular formula is C17H20F4N4. The Morgan fingerprint density at radius 3 is 2.60 bits per heavy atom. The average molecular weight is 356 g/mol. The van der Waals surface area contributed by atoms with Crippen LogP contribution in [-0.4, -0.2) is 21.2 Å². The van der Waals surface area contributed by atoms with Crippen LogP contribution in [-0.2, 0) is 12.6 Å². The molecule has 136 valence electrons. The van der Waals surface area contributed by atoms with Gasteiger partial charge in [0.2, 0.25) is 0 Å². The van der Waals surface area contributed by atoms with E-state index >= 15 is 0 Å². The molecule has 8 heteroatoms. The summed E-state index contributed by atoms with van der Waals surface area (Å²) < 4.78 is 53.4. The summed E-state index contributed by atoms with van der Waals surface area (Å²) >= 11 is 0. The SMILES string of the molecule is C=C(CCF)n1cc(-c2cnc(N)c(C(F)(F)F)c2)nc1CC(C)C. The van der Waals surface area contributed by atoms with Gasteiger partial charge in [-0.05, 0) is 12.0 Å². The van der Waals surface area contributed by atoms with E-state index in [4.69, 9.17) is 5.73 Å². The summed E-state index contributed by atoms with van der Waals surface area (Å²) in [4.78, 5) is 8.04. The summed E-state index contributed by atoms with van der Waals surface area (Å²) in [5.41, 5.74) is 5.33. The molecule has 0 atom stereocenters. The zero-order chi connectivity index (χ0) is 18.8. The largest absolute Gasteiger partial charge is 0.419 e. The van der Waals surface area contributed by atoms with Gasteiger partial charge in [-0.1, -0.05) is 20.4 Å². The van der Waals surface area contributed by atoms with E-state index in [-0.39, 0.29) is 17.9 Å². The first-order chi connectivity index (χ1) is 11.6. The molecule has 0 spiro atoms. The molecule has 2 N–H and O–H groups in total. The summed E-state index contributed by atoms with van der Waals surface area (Å²) in [7, 11) is 0. The summed E-state index contributed by atoms with van der Waals surface area (Å²) in [6.07, 6.45) is -1.10. The molecule has 2 aromatic heterocycles. The van der Waals surface area contributed by atoms with Crippen LogP contribution in [0.3, 0.4) is 0 Å². The maximum Gasteiger partial charge on any atom is 0.419 e. The maximum absolute atomic E-state index is 13.0. The highest BCUT2D eigenvalue weighted by molar-refractivity contribution is 5.63. The van der Waals surface area contributed by atoms with Crippen LogP contribution in [0.15, 0.2) is 25.0 Å². The first-order valence-corrected chi connectivity index (χ1v) is 7.79. The molecular weight excluding hydrogens is 336 g/mol. The number of alkyl halides is 4. The molecule has 0 aliphatic heterocycles. The van der Waals surface area contributed by atoms with Crippen LogP contribution in [0.1, 0.15) is 31.7 Å². The number of nitrogens with two attached hydrogens (primary N) is 1. The summed E-state index contributed by atoms with van der Waals surface area (Å²) in [6, 6.07) is 0.923. The molecule has 0 radical (unpaired) electrons. The molecule has 4 nitrogen and oxygen atoms in total. The highest BCUT2D eigenvalue weighted by Gasteiger charge is 2.34. The first kappa shape index (κ1) is 19.0. The number of rotatable bonds is 6. The minimum absolute atomic E-state index is 0.120. The highest BCUT2D eigenvalue weighted by Crippen LogP contribution is 2.35. The van der Waals surface area contributed by atoms with Gasteiger partial charge in [-0.3, -0.25) is 4.39 Å². The number of hydrogen-bond acceptors (Lipinski definition) is 3. The molecule has 0 aliphatic carbocycles. The van der Waals surface area contributed by atoms with Gasteiger partial charge in [0.05, 0.1) is 17.9 Å². The normalized spacial score (nSPS) is 12.0. The van der Waals surface area contributed by atoms with Crippen molar-refractivity contribution in [3.63, 3.8) is 0 Å². The quantitative estimate of drug-likeness (QED) is 0.771. The summed E-state index contributed by atoms with van der Waals surface area (Å²) in [6.45, 7) is 7.23. The van der Waals surface area contributed by atoms with Crippen molar-refractivity contribution in [3.8, 4) is 11.3 Å². The van der Waals surface area contributed by atoms with E-state index in [1.165, 1.54) is 6.20 Å². The summed E-state index contributed by atoms with van der Waals surface area (Å²) in [5, 5.41) is 0. The van der Waals surface area contributed by atoms with E-state index in [1.807, 2.05) is 13.8 Å². The molecule has 0 saturated heterocycles. The van der Waals surface area contributed by atoms with Crippen molar-refractivity contribution < 1.29 is 17.6 Å². The molecule has 0 saturated carbocycles. The highest BCUT2D eigenvalue weighted by atomic mass is 19.4. The van der Waals surface area contributed by atoms with Gasteiger partial charge in [-0.2, -0.15) is 13.2 Å². The van der Waals surface area contributed by atoms with Crippen LogP contribution in [0.2, 0.25) is 0 Å². The van der Waals surface area contributed by atoms with Crippen LogP contribution in [0, 0.1) is 5.92 Å². The predicted octanol–water partition coefficient (Wildman–Crippen LogP) is 4.57. The van der Waals surface area contributed by atoms with Gasteiger partial charge in [-0.15, -0.1) is 0 Å². The Kier molecular flexibility index (Phi) is 5.49. The van der Waals surface area contributed by atoms with E-state index in [2.05, 4.69) is 16.5 Å². The van der Waals surface area contributed by atoms with Gasteiger partial charge in [0, 0.05) is 36.5 Å². The van der Waals surface area contributed by atoms with Crippen molar-refractivity contribution in [2.24, 2.45) is 5.92 Å². The third kappa shape index (κ3) is 4.37. The monoisotopic (exact) mass is 356 g/mol. The van der Waals surface area contributed by atoms with Crippen molar-refractivity contribution in [1.82, 2.24) is 14.5 Å². The van der Waals surface area contributed by atoms with Crippen LogP contribution < -0.4 is 5.73 Å². The van der Waals surface area contributed by atoms with Crippen molar-refractivity contribution in [3.05, 3.63) is 36.4 Å². The molecule has 2 rings (SSSR count). The van der Waals surface area contributed by atoms with Crippen LogP contribution >= 0.6 is 0 Å². The Morgan fingerprint density at radius 1 is 1.36 bits per heavy atom. The molecule has 0 unspecified atom stereocenters. The fraction of sp³-hybridized carbons (Fsp3) is 0.412. The van der Waals surface area contributed by atoms with Crippen molar-refractivity contribution >= 4 is 11.5 Å². The number of nitrogen functional groups attached to an aromatic ring is 1. The van der Waals surface area contributed by atoms with Gasteiger partial charge >= 0.3 is 6.18 Å². The lowest BCUT2D eigenvalue weighted by Crippen LogP contribution is -2.10. The van der Waals surface area contributed by atoms with E-state index in [9.17, 15) is 17.6 Å². The Hall–Kier alpha value is -2.38. The van der Waals surface area contributed by atoms with E-state index < -0.39 is 24.2 Å². The standard InChI is InChI=1S/C17H20F4N4/c1-10(2)6-15-24-14(9-25(15)11(3)4-5-18)12-7-13(17(19,20)21)16(22)23-8-12/h7-10H,3-6H2,1-2H3,(H2,22,23). The number of halogens is 4. The number of allylic oxidation sites excluding steroid dienone is 1. The van der Waals surface area contributed by atoms with E-state index in [0.29, 0.717) is 23.6 Å². The van der Waals surface area contributed by atoms with Crippen LogP contribution in [0.4, 0.5) is 23.4 Å². The van der Waals surface area contributed by atoms with E-state index in [0.717, 1.165) is 6.07 Å². The number of nitrogens with zero attached hydrogens (tertiary/aromatic N) is 3. The van der Waals surface area contributed by atoms with Crippen LogP contribution in [0.25, 0.3) is 17.0 Å². The molecule has 0 fully saturated rings. The van der Waals surface area contributed by atoms with Gasteiger partial charge < -0.3 is 10.3 Å². The smallest absolute Gasteiger partial charge is 0.383 e. The van der Waals surface area contributed by atoms with Gasteiger partial charge in [0.25, 0.3) is 0 Å². The third-order valence-corrected chi connectivity index (χ3v) is 3.61. The van der Waals surface area contributed by atoms with E-state index in [1.54, 1.807) is 10.8 Å². The second-order valence-electron chi connectivity index (χ2n) is 6.17. The lowest BCUT2D eigenvalue weighted by Gasteiger charge is -2.10. The van der Waals surface area contributed by atoms with Crippen LogP contribution in [0.5, 0.6) is 0 Å². The first-order valence-electron chi connectivity index (χ1n) is 7.79. The maximum atomic E-state index is 13.0. The number of aromatic nitrogens is 3. The lowest BCUT2D eigenvalue weighted by atomic mass is 10.1. The van der Waals surface area contributed by atoms with Gasteiger partial charge in [0.1, 0.15) is 11.6 Å². The third-order valence-electron chi connectivity index (χ3n) is 3.61. The molecule has 0 aliphatic rings. The molecule has 2 aromatic rings. The van der Waals surface area contributed by atoms with Crippen molar-refractivity contribution in [1.29, 1.82) is 0 Å². The fourth-order valence-electron chi connectivity index (χ4n) is 2.41. The summed E-state index contributed by atoms with van der Waals surface area (Å²) in [5.74, 6) is 0.302. The zero-order valence-corrected chi connectivity index (χ0v) is 14.1. The number of pyridine rings is 1. The molecule has 0 aromatic carbocycles.